The SMILES string of the molecule is CCN(CC)C(=O)CNC(C)CC(C)O. The van der Waals surface area contributed by atoms with Crippen LogP contribution in [0.15, 0.2) is 0 Å². The molecular formula is C11H24N2O2. The second-order valence-corrected chi connectivity index (χ2v) is 3.93. The van der Waals surface area contributed by atoms with Gasteiger partial charge in [-0.25, -0.2) is 0 Å². The fraction of sp³-hybridized carbons (Fsp3) is 0.909. The van der Waals surface area contributed by atoms with Crippen LogP contribution in [-0.2, 0) is 4.79 Å². The monoisotopic (exact) mass is 216 g/mol. The maximum atomic E-state index is 11.6. The summed E-state index contributed by atoms with van der Waals surface area (Å²) in [5.74, 6) is 0.123. The zero-order valence-corrected chi connectivity index (χ0v) is 10.3. The second kappa shape index (κ2) is 7.65. The summed E-state index contributed by atoms with van der Waals surface area (Å²) in [6, 6.07) is 0.171. The lowest BCUT2D eigenvalue weighted by Gasteiger charge is -2.21. The highest BCUT2D eigenvalue weighted by molar-refractivity contribution is 5.78. The van der Waals surface area contributed by atoms with E-state index in [9.17, 15) is 4.79 Å². The Kier molecular flexibility index (Phi) is 7.34. The van der Waals surface area contributed by atoms with Gasteiger partial charge in [-0.2, -0.15) is 0 Å². The van der Waals surface area contributed by atoms with E-state index >= 15 is 0 Å². The summed E-state index contributed by atoms with van der Waals surface area (Å²) in [4.78, 5) is 13.4. The third-order valence-electron chi connectivity index (χ3n) is 2.41. The molecule has 90 valence electrons. The predicted molar refractivity (Wildman–Crippen MR) is 61.7 cm³/mol. The highest BCUT2D eigenvalue weighted by Gasteiger charge is 2.11. The van der Waals surface area contributed by atoms with Crippen LogP contribution in [0.25, 0.3) is 0 Å². The van der Waals surface area contributed by atoms with Gasteiger partial charge in [-0.3, -0.25) is 4.79 Å². The van der Waals surface area contributed by atoms with Crippen molar-refractivity contribution >= 4 is 5.91 Å². The van der Waals surface area contributed by atoms with Gasteiger partial charge in [0.2, 0.25) is 5.91 Å². The van der Waals surface area contributed by atoms with Crippen molar-refractivity contribution in [2.24, 2.45) is 0 Å². The third kappa shape index (κ3) is 6.47. The largest absolute Gasteiger partial charge is 0.393 e. The van der Waals surface area contributed by atoms with Crippen molar-refractivity contribution in [3.63, 3.8) is 0 Å². The highest BCUT2D eigenvalue weighted by Crippen LogP contribution is 1.96. The Labute approximate surface area is 92.7 Å². The van der Waals surface area contributed by atoms with Gasteiger partial charge in [-0.15, -0.1) is 0 Å². The Bertz CT molecular complexity index is 179. The van der Waals surface area contributed by atoms with Crippen LogP contribution in [0, 0.1) is 0 Å². The molecule has 0 heterocycles. The van der Waals surface area contributed by atoms with Crippen LogP contribution >= 0.6 is 0 Å². The van der Waals surface area contributed by atoms with Crippen LogP contribution < -0.4 is 5.32 Å². The molecule has 0 aliphatic heterocycles. The number of hydrogen-bond donors (Lipinski definition) is 2. The number of aliphatic hydroxyl groups excluding tert-OH is 1. The first-order valence-electron chi connectivity index (χ1n) is 5.70. The van der Waals surface area contributed by atoms with Crippen LogP contribution in [-0.4, -0.2) is 47.7 Å². The van der Waals surface area contributed by atoms with Gasteiger partial charge in [-0.05, 0) is 34.1 Å². The molecule has 15 heavy (non-hydrogen) atoms. The van der Waals surface area contributed by atoms with Gasteiger partial charge in [0, 0.05) is 19.1 Å². The predicted octanol–water partition coefficient (Wildman–Crippen LogP) is 0.604. The Balaban J connectivity index is 3.79. The summed E-state index contributed by atoms with van der Waals surface area (Å²) in [6.45, 7) is 9.53. The van der Waals surface area contributed by atoms with Crippen molar-refractivity contribution in [3.05, 3.63) is 0 Å². The van der Waals surface area contributed by atoms with Crippen molar-refractivity contribution in [2.45, 2.75) is 46.3 Å². The third-order valence-corrected chi connectivity index (χ3v) is 2.41. The Morgan fingerprint density at radius 1 is 1.33 bits per heavy atom. The summed E-state index contributed by atoms with van der Waals surface area (Å²) in [7, 11) is 0. The molecule has 0 aromatic heterocycles. The Hall–Kier alpha value is -0.610. The lowest BCUT2D eigenvalue weighted by atomic mass is 10.1. The number of amides is 1. The Morgan fingerprint density at radius 3 is 2.27 bits per heavy atom. The topological polar surface area (TPSA) is 52.6 Å². The van der Waals surface area contributed by atoms with Gasteiger partial charge >= 0.3 is 0 Å². The van der Waals surface area contributed by atoms with Crippen LogP contribution in [0.4, 0.5) is 0 Å². The molecule has 2 unspecified atom stereocenters. The van der Waals surface area contributed by atoms with Gasteiger partial charge in [0.1, 0.15) is 0 Å². The van der Waals surface area contributed by atoms with Crippen LogP contribution in [0.1, 0.15) is 34.1 Å². The fourth-order valence-electron chi connectivity index (χ4n) is 1.54. The minimum Gasteiger partial charge on any atom is -0.393 e. The van der Waals surface area contributed by atoms with E-state index in [4.69, 9.17) is 5.11 Å². The van der Waals surface area contributed by atoms with Crippen molar-refractivity contribution < 1.29 is 9.90 Å². The van der Waals surface area contributed by atoms with E-state index in [1.54, 1.807) is 11.8 Å². The molecular weight excluding hydrogens is 192 g/mol. The van der Waals surface area contributed by atoms with E-state index < -0.39 is 0 Å². The van der Waals surface area contributed by atoms with E-state index in [-0.39, 0.29) is 18.1 Å². The van der Waals surface area contributed by atoms with Crippen LogP contribution in [0.5, 0.6) is 0 Å². The lowest BCUT2D eigenvalue weighted by molar-refractivity contribution is -0.130. The molecule has 0 aliphatic carbocycles. The number of carbonyl (C=O) groups is 1. The number of carbonyl (C=O) groups excluding carboxylic acids is 1. The smallest absolute Gasteiger partial charge is 0.236 e. The molecule has 0 fully saturated rings. The first-order valence-corrected chi connectivity index (χ1v) is 5.70. The molecule has 4 nitrogen and oxygen atoms in total. The zero-order chi connectivity index (χ0) is 11.8. The molecule has 0 aromatic carbocycles. The number of hydrogen-bond acceptors (Lipinski definition) is 3. The molecule has 0 saturated carbocycles. The van der Waals surface area contributed by atoms with Crippen molar-refractivity contribution in [1.29, 1.82) is 0 Å². The minimum absolute atomic E-state index is 0.123. The highest BCUT2D eigenvalue weighted by atomic mass is 16.3. The summed E-state index contributed by atoms with van der Waals surface area (Å²) in [5.41, 5.74) is 0. The first kappa shape index (κ1) is 14.4. The first-order chi connectivity index (χ1) is 7.01. The number of aliphatic hydroxyl groups is 1. The van der Waals surface area contributed by atoms with Crippen molar-refractivity contribution in [2.75, 3.05) is 19.6 Å². The quantitative estimate of drug-likeness (QED) is 0.655. The second-order valence-electron chi connectivity index (χ2n) is 3.93. The van der Waals surface area contributed by atoms with Crippen molar-refractivity contribution in [1.82, 2.24) is 10.2 Å². The van der Waals surface area contributed by atoms with E-state index in [0.29, 0.717) is 13.0 Å². The molecule has 0 rings (SSSR count). The number of rotatable bonds is 7. The van der Waals surface area contributed by atoms with Crippen LogP contribution in [0.2, 0.25) is 0 Å². The van der Waals surface area contributed by atoms with Crippen molar-refractivity contribution in [3.8, 4) is 0 Å². The maximum Gasteiger partial charge on any atom is 0.236 e. The summed E-state index contributed by atoms with van der Waals surface area (Å²) in [5, 5.41) is 12.3. The van der Waals surface area contributed by atoms with Crippen LogP contribution in [0.3, 0.4) is 0 Å². The molecule has 2 atom stereocenters. The van der Waals surface area contributed by atoms with Gasteiger partial charge in [0.25, 0.3) is 0 Å². The van der Waals surface area contributed by atoms with E-state index in [1.165, 1.54) is 0 Å². The lowest BCUT2D eigenvalue weighted by Crippen LogP contribution is -2.41. The molecule has 0 aromatic rings. The minimum atomic E-state index is -0.323. The Morgan fingerprint density at radius 2 is 1.87 bits per heavy atom. The normalized spacial score (nSPS) is 14.7. The molecule has 0 aliphatic rings. The number of nitrogens with zero attached hydrogens (tertiary/aromatic N) is 1. The summed E-state index contributed by atoms with van der Waals surface area (Å²) in [6.07, 6.45) is 0.349. The number of likely N-dealkylation sites (N-methyl/N-ethyl adjacent to an activating group) is 1. The maximum absolute atomic E-state index is 11.6. The van der Waals surface area contributed by atoms with E-state index in [2.05, 4.69) is 5.32 Å². The molecule has 0 saturated heterocycles. The fourth-order valence-corrected chi connectivity index (χ4v) is 1.54. The average Bonchev–Trinajstić information content (AvgIpc) is 2.15. The zero-order valence-electron chi connectivity index (χ0n) is 10.3. The van der Waals surface area contributed by atoms with Gasteiger partial charge in [0.05, 0.1) is 12.6 Å². The van der Waals surface area contributed by atoms with Gasteiger partial charge in [-0.1, -0.05) is 0 Å². The van der Waals surface area contributed by atoms with E-state index in [1.807, 2.05) is 20.8 Å². The molecule has 2 N–H and O–H groups in total. The number of nitrogens with one attached hydrogen (secondary N) is 1. The molecule has 0 radical (unpaired) electrons. The standard InChI is InChI=1S/C11H24N2O2/c1-5-13(6-2)11(15)8-12-9(3)7-10(4)14/h9-10,12,14H,5-8H2,1-4H3. The van der Waals surface area contributed by atoms with E-state index in [0.717, 1.165) is 13.1 Å². The average molecular weight is 216 g/mol. The van der Waals surface area contributed by atoms with Gasteiger partial charge in [0.15, 0.2) is 0 Å². The molecule has 0 spiro atoms. The summed E-state index contributed by atoms with van der Waals surface area (Å²) < 4.78 is 0. The molecule has 4 heteroatoms. The summed E-state index contributed by atoms with van der Waals surface area (Å²) >= 11 is 0. The van der Waals surface area contributed by atoms with Gasteiger partial charge < -0.3 is 15.3 Å². The molecule has 0 bridgehead atoms. The molecule has 1 amide bonds.